The third kappa shape index (κ3) is 6.37. The minimum atomic E-state index is -2.10. The molecule has 2 N–H and O–H groups in total. The summed E-state index contributed by atoms with van der Waals surface area (Å²) in [6, 6.07) is 0. The molecule has 16 heavy (non-hydrogen) atoms. The molecule has 94 valence electrons. The van der Waals surface area contributed by atoms with E-state index in [4.69, 9.17) is 45.0 Å². The molecule has 0 aliphatic carbocycles. The van der Waals surface area contributed by atoms with Crippen molar-refractivity contribution in [2.24, 2.45) is 0 Å². The lowest BCUT2D eigenvalue weighted by Crippen LogP contribution is -2.41. The van der Waals surface area contributed by atoms with Crippen LogP contribution < -0.4 is 0 Å². The second kappa shape index (κ2) is 7.17. The molecule has 1 amide bonds. The second-order valence-corrected chi connectivity index (χ2v) is 5.29. The summed E-state index contributed by atoms with van der Waals surface area (Å²) in [6.07, 6.45) is 0.0595. The van der Waals surface area contributed by atoms with Gasteiger partial charge in [0.15, 0.2) is 0 Å². The molecule has 0 aliphatic rings. The molecule has 0 atom stereocenters. The quantitative estimate of drug-likeness (QED) is 0.717. The fourth-order valence-corrected chi connectivity index (χ4v) is 1.34. The van der Waals surface area contributed by atoms with E-state index in [1.54, 1.807) is 0 Å². The van der Waals surface area contributed by atoms with Crippen molar-refractivity contribution in [2.45, 2.75) is 16.6 Å². The van der Waals surface area contributed by atoms with Crippen LogP contribution in [0.15, 0.2) is 0 Å². The molecule has 5 nitrogen and oxygen atoms in total. The standard InChI is InChI=1S/C8H12Cl3NO4/c9-8(10,11)7(16)12(3-1-5-13)4-2-6(14)15/h13H,1-5H2,(H,14,15). The maximum Gasteiger partial charge on any atom is 0.305 e. The highest BCUT2D eigenvalue weighted by Crippen LogP contribution is 2.28. The van der Waals surface area contributed by atoms with Crippen LogP contribution in [0, 0.1) is 0 Å². The van der Waals surface area contributed by atoms with Gasteiger partial charge in [-0.3, -0.25) is 9.59 Å². The Morgan fingerprint density at radius 1 is 1.19 bits per heavy atom. The van der Waals surface area contributed by atoms with Crippen molar-refractivity contribution in [3.63, 3.8) is 0 Å². The molecule has 0 radical (unpaired) electrons. The van der Waals surface area contributed by atoms with Gasteiger partial charge in [-0.15, -0.1) is 0 Å². The first-order chi connectivity index (χ1) is 7.29. The number of halogens is 3. The van der Waals surface area contributed by atoms with Gasteiger partial charge >= 0.3 is 5.97 Å². The van der Waals surface area contributed by atoms with Crippen molar-refractivity contribution in [1.82, 2.24) is 4.90 Å². The largest absolute Gasteiger partial charge is 0.481 e. The Balaban J connectivity index is 4.41. The van der Waals surface area contributed by atoms with E-state index in [9.17, 15) is 9.59 Å². The van der Waals surface area contributed by atoms with Crippen LogP contribution in [0.1, 0.15) is 12.8 Å². The first kappa shape index (κ1) is 15.8. The number of aliphatic hydroxyl groups excluding tert-OH is 1. The zero-order chi connectivity index (χ0) is 12.8. The normalized spacial score (nSPS) is 11.2. The SMILES string of the molecule is O=C(O)CCN(CCCO)C(=O)C(Cl)(Cl)Cl. The van der Waals surface area contributed by atoms with E-state index in [2.05, 4.69) is 0 Å². The summed E-state index contributed by atoms with van der Waals surface area (Å²) >= 11 is 16.2. The number of carboxylic acids is 1. The molecule has 8 heteroatoms. The molecule has 0 aliphatic heterocycles. The highest BCUT2D eigenvalue weighted by molar-refractivity contribution is 6.76. The summed E-state index contributed by atoms with van der Waals surface area (Å²) in [6.45, 7) is -0.0324. The van der Waals surface area contributed by atoms with E-state index in [1.807, 2.05) is 0 Å². The number of hydrogen-bond acceptors (Lipinski definition) is 3. The van der Waals surface area contributed by atoms with Gasteiger partial charge in [-0.1, -0.05) is 34.8 Å². The number of alkyl halides is 3. The topological polar surface area (TPSA) is 77.8 Å². The van der Waals surface area contributed by atoms with Crippen LogP contribution in [0.4, 0.5) is 0 Å². The highest BCUT2D eigenvalue weighted by Gasteiger charge is 2.34. The summed E-state index contributed by atoms with van der Waals surface area (Å²) < 4.78 is -2.10. The van der Waals surface area contributed by atoms with Gasteiger partial charge in [0.2, 0.25) is 0 Å². The number of aliphatic hydroxyl groups is 1. The number of hydrogen-bond donors (Lipinski definition) is 2. The smallest absolute Gasteiger partial charge is 0.305 e. The lowest BCUT2D eigenvalue weighted by atomic mass is 10.3. The molecule has 0 unspecified atom stereocenters. The van der Waals surface area contributed by atoms with Gasteiger partial charge in [0.05, 0.1) is 6.42 Å². The van der Waals surface area contributed by atoms with Crippen LogP contribution >= 0.6 is 34.8 Å². The molecule has 0 aromatic rings. The van der Waals surface area contributed by atoms with Crippen molar-refractivity contribution >= 4 is 46.7 Å². The molecule has 0 saturated heterocycles. The van der Waals surface area contributed by atoms with Crippen LogP contribution in [0.25, 0.3) is 0 Å². The number of rotatable bonds is 6. The van der Waals surface area contributed by atoms with Crippen LogP contribution in [-0.2, 0) is 9.59 Å². The van der Waals surface area contributed by atoms with Crippen molar-refractivity contribution in [3.05, 3.63) is 0 Å². The van der Waals surface area contributed by atoms with E-state index in [-0.39, 0.29) is 26.1 Å². The van der Waals surface area contributed by atoms with Crippen LogP contribution in [0.2, 0.25) is 0 Å². The van der Waals surface area contributed by atoms with E-state index in [1.165, 1.54) is 0 Å². The van der Waals surface area contributed by atoms with Crippen molar-refractivity contribution < 1.29 is 19.8 Å². The number of carboxylic acid groups (broad SMARTS) is 1. The molecule has 0 rings (SSSR count). The Bertz CT molecular complexity index is 254. The first-order valence-electron chi connectivity index (χ1n) is 4.47. The number of nitrogens with zero attached hydrogens (tertiary/aromatic N) is 1. The number of carbonyl (C=O) groups excluding carboxylic acids is 1. The molecule has 0 bridgehead atoms. The lowest BCUT2D eigenvalue weighted by molar-refractivity contribution is -0.138. The van der Waals surface area contributed by atoms with E-state index >= 15 is 0 Å². The maximum absolute atomic E-state index is 11.5. The molecule has 0 aromatic carbocycles. The minimum Gasteiger partial charge on any atom is -0.481 e. The lowest BCUT2D eigenvalue weighted by Gasteiger charge is -2.25. The third-order valence-corrected chi connectivity index (χ3v) is 2.20. The number of carbonyl (C=O) groups is 2. The highest BCUT2D eigenvalue weighted by atomic mass is 35.6. The van der Waals surface area contributed by atoms with E-state index < -0.39 is 15.7 Å². The Kier molecular flexibility index (Phi) is 7.06. The van der Waals surface area contributed by atoms with Gasteiger partial charge in [-0.25, -0.2) is 0 Å². The van der Waals surface area contributed by atoms with E-state index in [0.717, 1.165) is 4.90 Å². The van der Waals surface area contributed by atoms with Gasteiger partial charge in [-0.05, 0) is 6.42 Å². The second-order valence-electron chi connectivity index (χ2n) is 3.01. The van der Waals surface area contributed by atoms with Crippen LogP contribution in [0.5, 0.6) is 0 Å². The van der Waals surface area contributed by atoms with Gasteiger partial charge in [0.25, 0.3) is 9.70 Å². The van der Waals surface area contributed by atoms with Crippen molar-refractivity contribution in [1.29, 1.82) is 0 Å². The fourth-order valence-electron chi connectivity index (χ4n) is 0.986. The molecule has 0 heterocycles. The molecule has 0 fully saturated rings. The number of aliphatic carboxylic acids is 1. The minimum absolute atomic E-state index is 0.0535. The molecule has 0 aromatic heterocycles. The zero-order valence-corrected chi connectivity index (χ0v) is 10.6. The van der Waals surface area contributed by atoms with Gasteiger partial charge in [-0.2, -0.15) is 0 Å². The predicted molar refractivity (Wildman–Crippen MR) is 60.8 cm³/mol. The number of amides is 1. The maximum atomic E-state index is 11.5. The summed E-state index contributed by atoms with van der Waals surface area (Å²) in [5, 5.41) is 17.1. The van der Waals surface area contributed by atoms with Gasteiger partial charge in [0.1, 0.15) is 0 Å². The summed E-state index contributed by atoms with van der Waals surface area (Å²) in [5.74, 6) is -1.83. The van der Waals surface area contributed by atoms with E-state index in [0.29, 0.717) is 6.42 Å². The van der Waals surface area contributed by atoms with Gasteiger partial charge in [0, 0.05) is 19.7 Å². The van der Waals surface area contributed by atoms with Crippen molar-refractivity contribution in [2.75, 3.05) is 19.7 Å². The Labute approximate surface area is 108 Å². The Hall–Kier alpha value is -0.230. The van der Waals surface area contributed by atoms with Crippen molar-refractivity contribution in [3.8, 4) is 0 Å². The van der Waals surface area contributed by atoms with Crippen LogP contribution in [-0.4, -0.2) is 50.5 Å². The zero-order valence-electron chi connectivity index (χ0n) is 8.33. The summed E-state index contributed by atoms with van der Waals surface area (Å²) in [5.41, 5.74) is 0. The third-order valence-electron chi connectivity index (χ3n) is 1.71. The molecule has 0 saturated carbocycles. The Morgan fingerprint density at radius 3 is 2.12 bits per heavy atom. The first-order valence-corrected chi connectivity index (χ1v) is 5.61. The molecular formula is C8H12Cl3NO4. The summed E-state index contributed by atoms with van der Waals surface area (Å²) in [4.78, 5) is 23.0. The predicted octanol–water partition coefficient (Wildman–Crippen LogP) is 1.04. The average Bonchev–Trinajstić information content (AvgIpc) is 2.15. The van der Waals surface area contributed by atoms with Crippen LogP contribution in [0.3, 0.4) is 0 Å². The fraction of sp³-hybridized carbons (Fsp3) is 0.750. The van der Waals surface area contributed by atoms with Gasteiger partial charge < -0.3 is 15.1 Å². The molecular weight excluding hydrogens is 280 g/mol. The average molecular weight is 293 g/mol. The monoisotopic (exact) mass is 291 g/mol. The Morgan fingerprint density at radius 2 is 1.75 bits per heavy atom. The summed E-state index contributed by atoms with van der Waals surface area (Å²) in [7, 11) is 0. The molecule has 0 spiro atoms.